The number of nitrogens with zero attached hydrogens (tertiary/aromatic N) is 1. The number of hydrazone groups is 1. The van der Waals surface area contributed by atoms with E-state index in [9.17, 15) is 13.2 Å². The Hall–Kier alpha value is -1.60. The van der Waals surface area contributed by atoms with Gasteiger partial charge < -0.3 is 0 Å². The first-order valence-corrected chi connectivity index (χ1v) is 9.28. The lowest BCUT2D eigenvalue weighted by molar-refractivity contribution is -0.111. The summed E-state index contributed by atoms with van der Waals surface area (Å²) < 4.78 is 25.3. The minimum Gasteiger partial charge on any atom is -0.288 e. The van der Waals surface area contributed by atoms with Crippen LogP contribution < -0.4 is 5.43 Å². The first-order valence-electron chi connectivity index (χ1n) is 6.55. The van der Waals surface area contributed by atoms with Gasteiger partial charge in [-0.15, -0.1) is 0 Å². The Kier molecular flexibility index (Phi) is 6.23. The Balaban J connectivity index is 2.48. The number of benzene rings is 2. The summed E-state index contributed by atoms with van der Waals surface area (Å²) in [6.45, 7) is 0. The van der Waals surface area contributed by atoms with Gasteiger partial charge in [0.25, 0.3) is 0 Å². The number of nitrogens with one attached hydrogen (secondary N) is 1. The Morgan fingerprint density at radius 2 is 1.58 bits per heavy atom. The largest absolute Gasteiger partial charge is 0.288 e. The zero-order chi connectivity index (χ0) is 17.7. The van der Waals surface area contributed by atoms with E-state index in [2.05, 4.69) is 10.5 Å². The summed E-state index contributed by atoms with van der Waals surface area (Å²) in [5.41, 5.74) is 2.79. The molecule has 2 aromatic carbocycles. The van der Waals surface area contributed by atoms with Gasteiger partial charge >= 0.3 is 0 Å². The van der Waals surface area contributed by atoms with E-state index < -0.39 is 25.5 Å². The fourth-order valence-corrected chi connectivity index (χ4v) is 3.52. The Labute approximate surface area is 154 Å². The van der Waals surface area contributed by atoms with Gasteiger partial charge in [-0.05, 0) is 24.3 Å². The molecule has 9 heteroatoms. The molecule has 126 valence electrons. The van der Waals surface area contributed by atoms with E-state index in [1.54, 1.807) is 30.3 Å². The zero-order valence-corrected chi connectivity index (χ0v) is 15.1. The first kappa shape index (κ1) is 18.7. The fourth-order valence-electron chi connectivity index (χ4n) is 1.72. The highest BCUT2D eigenvalue weighted by atomic mass is 35.5. The number of sulfone groups is 1. The maximum atomic E-state index is 12.6. The van der Waals surface area contributed by atoms with E-state index in [4.69, 9.17) is 34.8 Å². The smallest absolute Gasteiger partial charge is 0.229 e. The van der Waals surface area contributed by atoms with Crippen molar-refractivity contribution >= 4 is 61.2 Å². The van der Waals surface area contributed by atoms with E-state index in [1.807, 2.05) is 0 Å². The van der Waals surface area contributed by atoms with Crippen molar-refractivity contribution in [3.8, 4) is 0 Å². The van der Waals surface area contributed by atoms with E-state index in [0.717, 1.165) is 0 Å². The Morgan fingerprint density at radius 3 is 2.17 bits per heavy atom. The lowest BCUT2D eigenvalue weighted by Crippen LogP contribution is -2.30. The molecule has 0 saturated heterocycles. The summed E-state index contributed by atoms with van der Waals surface area (Å²) in [6, 6.07) is 13.9. The third-order valence-corrected chi connectivity index (χ3v) is 5.29. The van der Waals surface area contributed by atoms with Crippen LogP contribution in [-0.2, 0) is 14.6 Å². The van der Waals surface area contributed by atoms with Crippen LogP contribution in [0.2, 0.25) is 5.02 Å². The standard InChI is InChI=1S/C15H11Cl3N2O3S/c16-11-8-4-5-9-12(11)19-20-15(13(21)14(17)18)24(22,23)10-6-2-1-3-7-10/h1-9,14,19H/b20-15+. The molecule has 0 aliphatic heterocycles. The molecule has 0 aromatic heterocycles. The van der Waals surface area contributed by atoms with Crippen LogP contribution in [0.1, 0.15) is 0 Å². The third-order valence-electron chi connectivity index (χ3n) is 2.87. The molecule has 0 heterocycles. The molecule has 0 unspecified atom stereocenters. The van der Waals surface area contributed by atoms with Gasteiger partial charge in [0.05, 0.1) is 15.6 Å². The van der Waals surface area contributed by atoms with Crippen LogP contribution in [0, 0.1) is 0 Å². The molecule has 0 saturated carbocycles. The van der Waals surface area contributed by atoms with Crippen molar-refractivity contribution in [3.05, 3.63) is 59.6 Å². The van der Waals surface area contributed by atoms with Gasteiger partial charge in [-0.2, -0.15) is 5.10 Å². The molecule has 0 fully saturated rings. The fraction of sp³-hybridized carbons (Fsp3) is 0.0667. The molecule has 2 rings (SSSR count). The van der Waals surface area contributed by atoms with Gasteiger partial charge in [0.1, 0.15) is 0 Å². The number of alkyl halides is 2. The van der Waals surface area contributed by atoms with Gasteiger partial charge in [0.15, 0.2) is 4.84 Å². The second-order valence-corrected chi connectivity index (χ2v) is 7.86. The zero-order valence-electron chi connectivity index (χ0n) is 12.0. The lowest BCUT2D eigenvalue weighted by Gasteiger charge is -2.09. The van der Waals surface area contributed by atoms with Crippen LogP contribution in [0.25, 0.3) is 0 Å². The quantitative estimate of drug-likeness (QED) is 0.354. The lowest BCUT2D eigenvalue weighted by atomic mass is 10.3. The Morgan fingerprint density at radius 1 is 1.00 bits per heavy atom. The minimum absolute atomic E-state index is 0.105. The van der Waals surface area contributed by atoms with Crippen molar-refractivity contribution < 1.29 is 13.2 Å². The van der Waals surface area contributed by atoms with E-state index in [-0.39, 0.29) is 4.90 Å². The van der Waals surface area contributed by atoms with Gasteiger partial charge in [0, 0.05) is 0 Å². The summed E-state index contributed by atoms with van der Waals surface area (Å²) in [5.74, 6) is -1.04. The SMILES string of the molecule is O=C(/C(=N\Nc1ccccc1Cl)S(=O)(=O)c1ccccc1)C(Cl)Cl. The number of carbonyl (C=O) groups excluding carboxylic acids is 1. The molecule has 0 atom stereocenters. The predicted molar refractivity (Wildman–Crippen MR) is 96.6 cm³/mol. The van der Waals surface area contributed by atoms with Crippen LogP contribution in [0.3, 0.4) is 0 Å². The van der Waals surface area contributed by atoms with Gasteiger partial charge in [-0.1, -0.05) is 65.1 Å². The van der Waals surface area contributed by atoms with Gasteiger partial charge in [0.2, 0.25) is 20.7 Å². The minimum atomic E-state index is -4.20. The highest BCUT2D eigenvalue weighted by Crippen LogP contribution is 2.22. The third kappa shape index (κ3) is 4.27. The number of hydrogen-bond donors (Lipinski definition) is 1. The first-order chi connectivity index (χ1) is 11.3. The molecule has 5 nitrogen and oxygen atoms in total. The topological polar surface area (TPSA) is 75.6 Å². The van der Waals surface area contributed by atoms with Crippen LogP contribution in [0.5, 0.6) is 0 Å². The van der Waals surface area contributed by atoms with Crippen LogP contribution in [0.15, 0.2) is 64.6 Å². The molecular formula is C15H11Cl3N2O3S. The van der Waals surface area contributed by atoms with Gasteiger partial charge in [-0.3, -0.25) is 10.2 Å². The van der Waals surface area contributed by atoms with Gasteiger partial charge in [-0.25, -0.2) is 8.42 Å². The second kappa shape index (κ2) is 7.98. The maximum Gasteiger partial charge on any atom is 0.229 e. The maximum absolute atomic E-state index is 12.6. The predicted octanol–water partition coefficient (Wildman–Crippen LogP) is 3.91. The average Bonchev–Trinajstić information content (AvgIpc) is 2.57. The van der Waals surface area contributed by atoms with Crippen molar-refractivity contribution in [2.75, 3.05) is 5.43 Å². The molecule has 24 heavy (non-hydrogen) atoms. The molecule has 1 N–H and O–H groups in total. The Bertz CT molecular complexity index is 869. The summed E-state index contributed by atoms with van der Waals surface area (Å²) in [6.07, 6.45) is 0. The molecule has 2 aromatic rings. The van der Waals surface area contributed by atoms with Crippen LogP contribution >= 0.6 is 34.8 Å². The summed E-state index contributed by atoms with van der Waals surface area (Å²) in [4.78, 5) is 10.4. The van der Waals surface area contributed by atoms with E-state index >= 15 is 0 Å². The molecule has 0 radical (unpaired) electrons. The molecule has 0 aliphatic carbocycles. The van der Waals surface area contributed by atoms with Crippen molar-refractivity contribution in [2.45, 2.75) is 9.73 Å². The second-order valence-electron chi connectivity index (χ2n) is 4.49. The summed E-state index contributed by atoms with van der Waals surface area (Å²) in [5, 5.41) is 3.20. The number of carbonyl (C=O) groups is 1. The summed E-state index contributed by atoms with van der Waals surface area (Å²) >= 11 is 17.1. The summed E-state index contributed by atoms with van der Waals surface area (Å²) in [7, 11) is -4.20. The van der Waals surface area contributed by atoms with Crippen molar-refractivity contribution in [1.82, 2.24) is 0 Å². The monoisotopic (exact) mass is 404 g/mol. The average molecular weight is 406 g/mol. The van der Waals surface area contributed by atoms with E-state index in [0.29, 0.717) is 10.7 Å². The molecule has 0 amide bonds. The van der Waals surface area contributed by atoms with Crippen LogP contribution in [-0.4, -0.2) is 24.1 Å². The van der Waals surface area contributed by atoms with Crippen molar-refractivity contribution in [3.63, 3.8) is 0 Å². The normalized spacial score (nSPS) is 12.2. The van der Waals surface area contributed by atoms with Crippen molar-refractivity contribution in [1.29, 1.82) is 0 Å². The van der Waals surface area contributed by atoms with Crippen LogP contribution in [0.4, 0.5) is 5.69 Å². The molecule has 0 spiro atoms. The number of hydrogen-bond acceptors (Lipinski definition) is 5. The number of halogens is 3. The molecule has 0 aliphatic rings. The number of ketones is 1. The van der Waals surface area contributed by atoms with Crippen molar-refractivity contribution in [2.24, 2.45) is 5.10 Å². The number of para-hydroxylation sites is 1. The highest BCUT2D eigenvalue weighted by molar-refractivity contribution is 8.08. The molecule has 0 bridgehead atoms. The number of rotatable bonds is 5. The number of anilines is 1. The highest BCUT2D eigenvalue weighted by Gasteiger charge is 2.32. The number of Topliss-reactive ketones (excluding diaryl/α,β-unsaturated/α-hetero) is 1. The molecular weight excluding hydrogens is 395 g/mol. The van der Waals surface area contributed by atoms with E-state index in [1.165, 1.54) is 24.3 Å².